The summed E-state index contributed by atoms with van der Waals surface area (Å²) < 4.78 is 37.0. The summed E-state index contributed by atoms with van der Waals surface area (Å²) in [5, 5.41) is 0. The van der Waals surface area contributed by atoms with E-state index in [9.17, 15) is 13.2 Å². The molecule has 3 rings (SSSR count). The fraction of sp³-hybridized carbons (Fsp3) is 0.688. The van der Waals surface area contributed by atoms with Gasteiger partial charge in [0.2, 0.25) is 15.9 Å². The SMILES string of the molecule is Cc1ccc([C@H]2CN(C(=O)C3CCOCC3)C[C@@H]2NS(C)(=O)=O)o1. The molecule has 8 heteroatoms. The van der Waals surface area contributed by atoms with Gasteiger partial charge in [-0.2, -0.15) is 0 Å². The summed E-state index contributed by atoms with van der Waals surface area (Å²) in [6, 6.07) is 3.35. The average molecular weight is 356 g/mol. The van der Waals surface area contributed by atoms with Crippen molar-refractivity contribution in [2.75, 3.05) is 32.6 Å². The number of sulfonamides is 1. The number of nitrogens with one attached hydrogen (secondary N) is 1. The molecule has 0 radical (unpaired) electrons. The van der Waals surface area contributed by atoms with Crippen molar-refractivity contribution in [2.45, 2.75) is 31.7 Å². The molecular formula is C16H24N2O5S. The van der Waals surface area contributed by atoms with Gasteiger partial charge in [-0.05, 0) is 31.9 Å². The Morgan fingerprint density at radius 1 is 1.25 bits per heavy atom. The summed E-state index contributed by atoms with van der Waals surface area (Å²) in [6.07, 6.45) is 2.59. The van der Waals surface area contributed by atoms with Crippen LogP contribution >= 0.6 is 0 Å². The molecule has 2 fully saturated rings. The van der Waals surface area contributed by atoms with Crippen LogP contribution in [-0.4, -0.2) is 57.8 Å². The highest BCUT2D eigenvalue weighted by Gasteiger charge is 2.41. The highest BCUT2D eigenvalue weighted by atomic mass is 32.2. The lowest BCUT2D eigenvalue weighted by Crippen LogP contribution is -2.41. The first-order valence-corrected chi connectivity index (χ1v) is 10.1. The predicted octanol–water partition coefficient (Wildman–Crippen LogP) is 0.858. The Labute approximate surface area is 142 Å². The molecule has 1 aromatic rings. The molecule has 1 aromatic heterocycles. The highest BCUT2D eigenvalue weighted by Crippen LogP contribution is 2.31. The molecule has 2 aliphatic rings. The molecule has 3 heterocycles. The number of nitrogens with zero attached hydrogens (tertiary/aromatic N) is 1. The van der Waals surface area contributed by atoms with Gasteiger partial charge in [0, 0.05) is 32.2 Å². The van der Waals surface area contributed by atoms with Crippen LogP contribution in [0.5, 0.6) is 0 Å². The average Bonchev–Trinajstić information content (AvgIpc) is 3.12. The summed E-state index contributed by atoms with van der Waals surface area (Å²) in [6.45, 7) is 3.90. The van der Waals surface area contributed by atoms with Gasteiger partial charge in [0.25, 0.3) is 0 Å². The van der Waals surface area contributed by atoms with E-state index in [2.05, 4.69) is 4.72 Å². The number of amides is 1. The first-order valence-electron chi connectivity index (χ1n) is 8.23. The number of furan rings is 1. The molecular weight excluding hydrogens is 332 g/mol. The van der Waals surface area contributed by atoms with E-state index in [4.69, 9.17) is 9.15 Å². The zero-order chi connectivity index (χ0) is 17.3. The molecule has 24 heavy (non-hydrogen) atoms. The second-order valence-electron chi connectivity index (χ2n) is 6.68. The molecule has 0 saturated carbocycles. The van der Waals surface area contributed by atoms with Gasteiger partial charge in [0.05, 0.1) is 18.2 Å². The van der Waals surface area contributed by atoms with Gasteiger partial charge in [-0.3, -0.25) is 4.79 Å². The van der Waals surface area contributed by atoms with E-state index in [1.54, 1.807) is 4.90 Å². The van der Waals surface area contributed by atoms with Gasteiger partial charge in [-0.15, -0.1) is 0 Å². The third kappa shape index (κ3) is 3.99. The molecule has 2 atom stereocenters. The monoisotopic (exact) mass is 356 g/mol. The largest absolute Gasteiger partial charge is 0.466 e. The number of aryl methyl sites for hydroxylation is 1. The second-order valence-corrected chi connectivity index (χ2v) is 8.46. The van der Waals surface area contributed by atoms with Crippen molar-refractivity contribution in [3.05, 3.63) is 23.7 Å². The topological polar surface area (TPSA) is 88.9 Å². The molecule has 0 unspecified atom stereocenters. The molecule has 1 N–H and O–H groups in total. The lowest BCUT2D eigenvalue weighted by atomic mass is 9.99. The molecule has 2 aliphatic heterocycles. The van der Waals surface area contributed by atoms with Crippen molar-refractivity contribution < 1.29 is 22.4 Å². The van der Waals surface area contributed by atoms with E-state index >= 15 is 0 Å². The first kappa shape index (κ1) is 17.4. The fourth-order valence-corrected chi connectivity index (χ4v) is 4.31. The van der Waals surface area contributed by atoms with Crippen LogP contribution in [0.2, 0.25) is 0 Å². The van der Waals surface area contributed by atoms with Gasteiger partial charge in [-0.1, -0.05) is 0 Å². The number of ether oxygens (including phenoxy) is 1. The van der Waals surface area contributed by atoms with Crippen molar-refractivity contribution in [1.29, 1.82) is 0 Å². The van der Waals surface area contributed by atoms with Gasteiger partial charge in [0.1, 0.15) is 11.5 Å². The van der Waals surface area contributed by atoms with Gasteiger partial charge >= 0.3 is 0 Å². The third-order valence-corrected chi connectivity index (χ3v) is 5.43. The quantitative estimate of drug-likeness (QED) is 0.864. The zero-order valence-electron chi connectivity index (χ0n) is 14.0. The van der Waals surface area contributed by atoms with Crippen LogP contribution in [0.25, 0.3) is 0 Å². The Hall–Kier alpha value is -1.38. The Kier molecular flexibility index (Phi) is 4.98. The molecule has 7 nitrogen and oxygen atoms in total. The number of hydrogen-bond acceptors (Lipinski definition) is 5. The van der Waals surface area contributed by atoms with E-state index in [-0.39, 0.29) is 23.8 Å². The van der Waals surface area contributed by atoms with Crippen LogP contribution in [0.4, 0.5) is 0 Å². The highest BCUT2D eigenvalue weighted by molar-refractivity contribution is 7.88. The van der Waals surface area contributed by atoms with Crippen LogP contribution in [0, 0.1) is 12.8 Å². The van der Waals surface area contributed by atoms with Gasteiger partial charge in [0.15, 0.2) is 0 Å². The number of carbonyl (C=O) groups is 1. The fourth-order valence-electron chi connectivity index (χ4n) is 3.52. The van der Waals surface area contributed by atoms with E-state index in [0.717, 1.165) is 30.6 Å². The molecule has 0 spiro atoms. The Morgan fingerprint density at radius 3 is 2.54 bits per heavy atom. The minimum Gasteiger partial charge on any atom is -0.466 e. The van der Waals surface area contributed by atoms with Crippen LogP contribution in [0.1, 0.15) is 30.3 Å². The normalized spacial score (nSPS) is 26.0. The first-order chi connectivity index (χ1) is 11.3. The van der Waals surface area contributed by atoms with E-state index in [1.165, 1.54) is 0 Å². The molecule has 2 saturated heterocycles. The summed E-state index contributed by atoms with van der Waals surface area (Å²) >= 11 is 0. The molecule has 0 bridgehead atoms. The van der Waals surface area contributed by atoms with Crippen LogP contribution < -0.4 is 4.72 Å². The predicted molar refractivity (Wildman–Crippen MR) is 88.1 cm³/mol. The number of likely N-dealkylation sites (tertiary alicyclic amines) is 1. The smallest absolute Gasteiger partial charge is 0.225 e. The van der Waals surface area contributed by atoms with Crippen LogP contribution in [0.15, 0.2) is 16.5 Å². The maximum atomic E-state index is 12.8. The lowest BCUT2D eigenvalue weighted by Gasteiger charge is -2.26. The van der Waals surface area contributed by atoms with Crippen molar-refractivity contribution in [1.82, 2.24) is 9.62 Å². The van der Waals surface area contributed by atoms with E-state index in [0.29, 0.717) is 26.3 Å². The summed E-state index contributed by atoms with van der Waals surface area (Å²) in [5.41, 5.74) is 0. The van der Waals surface area contributed by atoms with Crippen molar-refractivity contribution in [3.8, 4) is 0 Å². The number of carbonyl (C=O) groups excluding carboxylic acids is 1. The molecule has 0 aromatic carbocycles. The summed E-state index contributed by atoms with van der Waals surface area (Å²) in [5.74, 6) is 1.38. The summed E-state index contributed by atoms with van der Waals surface area (Å²) in [4.78, 5) is 14.5. The van der Waals surface area contributed by atoms with Crippen molar-refractivity contribution >= 4 is 15.9 Å². The maximum absolute atomic E-state index is 12.8. The summed E-state index contributed by atoms with van der Waals surface area (Å²) in [7, 11) is -3.37. The minimum absolute atomic E-state index is 0.0327. The van der Waals surface area contributed by atoms with Gasteiger partial charge in [-0.25, -0.2) is 13.1 Å². The Bertz CT molecular complexity index is 693. The molecule has 0 aliphatic carbocycles. The second kappa shape index (κ2) is 6.85. The third-order valence-electron chi connectivity index (χ3n) is 4.69. The molecule has 1 amide bonds. The lowest BCUT2D eigenvalue weighted by molar-refractivity contribution is -0.137. The standard InChI is InChI=1S/C16H24N2O5S/c1-11-3-4-15(23-11)13-9-18(10-14(13)17-24(2,20)21)16(19)12-5-7-22-8-6-12/h3-4,12-14,17H,5-10H2,1-2H3/t13-,14-/m0/s1. The zero-order valence-corrected chi connectivity index (χ0v) is 14.8. The Balaban J connectivity index is 1.77. The minimum atomic E-state index is -3.37. The van der Waals surface area contributed by atoms with Gasteiger partial charge < -0.3 is 14.1 Å². The Morgan fingerprint density at radius 2 is 1.96 bits per heavy atom. The number of rotatable bonds is 4. The van der Waals surface area contributed by atoms with Crippen molar-refractivity contribution in [2.24, 2.45) is 5.92 Å². The van der Waals surface area contributed by atoms with Crippen molar-refractivity contribution in [3.63, 3.8) is 0 Å². The van der Waals surface area contributed by atoms with Crippen LogP contribution in [0.3, 0.4) is 0 Å². The van der Waals surface area contributed by atoms with Crippen LogP contribution in [-0.2, 0) is 19.6 Å². The molecule has 134 valence electrons. The maximum Gasteiger partial charge on any atom is 0.225 e. The number of hydrogen-bond donors (Lipinski definition) is 1. The van der Waals surface area contributed by atoms with E-state index in [1.807, 2.05) is 19.1 Å². The van der Waals surface area contributed by atoms with E-state index < -0.39 is 10.0 Å².